The van der Waals surface area contributed by atoms with Crippen LogP contribution in [-0.2, 0) is 11.3 Å². The Bertz CT molecular complexity index is 963. The van der Waals surface area contributed by atoms with E-state index in [1.54, 1.807) is 29.4 Å². The van der Waals surface area contributed by atoms with Crippen LogP contribution in [0.2, 0.25) is 0 Å². The highest BCUT2D eigenvalue weighted by Crippen LogP contribution is 2.34. The highest BCUT2D eigenvalue weighted by atomic mass is 32.1. The number of likely N-dealkylation sites (N-methyl/N-ethyl adjacent to an activating group) is 1. The van der Waals surface area contributed by atoms with Gasteiger partial charge in [-0.2, -0.15) is 0 Å². The summed E-state index contributed by atoms with van der Waals surface area (Å²) in [5, 5.41) is 1.22. The molecule has 0 radical (unpaired) electrons. The van der Waals surface area contributed by atoms with Gasteiger partial charge in [-0.25, -0.2) is 9.37 Å². The average molecular weight is 412 g/mol. The van der Waals surface area contributed by atoms with Crippen molar-refractivity contribution in [3.63, 3.8) is 0 Å². The maximum absolute atomic E-state index is 13.4. The fourth-order valence-corrected chi connectivity index (χ4v) is 5.20. The summed E-state index contributed by atoms with van der Waals surface area (Å²) >= 11 is 1.79. The molecule has 1 aliphatic rings. The second-order valence-electron chi connectivity index (χ2n) is 7.83. The number of carbonyl (C=O) groups is 1. The number of rotatable bonds is 5. The van der Waals surface area contributed by atoms with Crippen molar-refractivity contribution < 1.29 is 9.18 Å². The van der Waals surface area contributed by atoms with Crippen molar-refractivity contribution in [2.75, 3.05) is 20.1 Å². The molecule has 2 aromatic carbocycles. The van der Waals surface area contributed by atoms with Gasteiger partial charge < -0.3 is 4.90 Å². The van der Waals surface area contributed by atoms with Gasteiger partial charge in [0.2, 0.25) is 5.91 Å². The molecule has 4 nitrogen and oxygen atoms in total. The number of halogens is 1. The largest absolute Gasteiger partial charge is 0.340 e. The summed E-state index contributed by atoms with van der Waals surface area (Å²) in [5.74, 6) is 0.275. The Labute approximate surface area is 175 Å². The van der Waals surface area contributed by atoms with Crippen LogP contribution in [0.5, 0.6) is 0 Å². The van der Waals surface area contributed by atoms with Crippen LogP contribution in [0.1, 0.15) is 36.3 Å². The molecule has 3 aromatic rings. The summed E-state index contributed by atoms with van der Waals surface area (Å²) in [4.78, 5) is 21.7. The topological polar surface area (TPSA) is 36.4 Å². The lowest BCUT2D eigenvalue weighted by atomic mass is 9.96. The lowest BCUT2D eigenvalue weighted by Gasteiger charge is -2.36. The Morgan fingerprint density at radius 3 is 2.72 bits per heavy atom. The van der Waals surface area contributed by atoms with Crippen LogP contribution in [0.4, 0.5) is 4.39 Å². The number of piperidine rings is 1. The van der Waals surface area contributed by atoms with E-state index in [2.05, 4.69) is 23.1 Å². The molecule has 0 aliphatic carbocycles. The summed E-state index contributed by atoms with van der Waals surface area (Å²) < 4.78 is 14.6. The van der Waals surface area contributed by atoms with Gasteiger partial charge in [-0.3, -0.25) is 9.69 Å². The lowest BCUT2D eigenvalue weighted by molar-refractivity contribution is -0.136. The molecule has 0 N–H and O–H groups in total. The van der Waals surface area contributed by atoms with Gasteiger partial charge in [0.1, 0.15) is 5.82 Å². The van der Waals surface area contributed by atoms with E-state index in [1.165, 1.54) is 21.8 Å². The van der Waals surface area contributed by atoms with Gasteiger partial charge in [0, 0.05) is 19.5 Å². The van der Waals surface area contributed by atoms with E-state index in [9.17, 15) is 9.18 Å². The molecule has 1 unspecified atom stereocenters. The van der Waals surface area contributed by atoms with Crippen LogP contribution in [0.15, 0.2) is 48.5 Å². The molecule has 1 amide bonds. The molecular formula is C23H26FN3OS. The van der Waals surface area contributed by atoms with Gasteiger partial charge in [-0.15, -0.1) is 11.3 Å². The molecule has 2 heterocycles. The predicted molar refractivity (Wildman–Crippen MR) is 116 cm³/mol. The standard InChI is InChI=1S/C23H26FN3OS/c1-16(23(28)26(2)15-17-6-5-7-19(24)14-17)27-12-10-18(11-13-27)22-25-20-8-3-4-9-21(20)29-22/h3-9,14,16,18H,10-13,15H2,1-2H3. The van der Waals surface area contributed by atoms with Crippen molar-refractivity contribution in [1.29, 1.82) is 0 Å². The minimum atomic E-state index is -0.270. The third-order valence-corrected chi connectivity index (χ3v) is 6.98. The van der Waals surface area contributed by atoms with E-state index >= 15 is 0 Å². The van der Waals surface area contributed by atoms with Crippen LogP contribution < -0.4 is 0 Å². The summed E-state index contributed by atoms with van der Waals surface area (Å²) in [6.45, 7) is 4.17. The Morgan fingerprint density at radius 2 is 2.00 bits per heavy atom. The van der Waals surface area contributed by atoms with Crippen molar-refractivity contribution in [2.45, 2.75) is 38.3 Å². The number of carbonyl (C=O) groups excluding carboxylic acids is 1. The molecule has 6 heteroatoms. The minimum absolute atomic E-state index is 0.0766. The smallest absolute Gasteiger partial charge is 0.239 e. The molecule has 0 bridgehead atoms. The average Bonchev–Trinajstić information content (AvgIpc) is 3.17. The van der Waals surface area contributed by atoms with Gasteiger partial charge in [-0.05, 0) is 62.7 Å². The van der Waals surface area contributed by atoms with E-state index in [1.807, 2.05) is 19.1 Å². The third kappa shape index (κ3) is 4.49. The van der Waals surface area contributed by atoms with Crippen molar-refractivity contribution in [2.24, 2.45) is 0 Å². The Balaban J connectivity index is 1.34. The number of likely N-dealkylation sites (tertiary alicyclic amines) is 1. The molecule has 1 aromatic heterocycles. The number of para-hydroxylation sites is 1. The Morgan fingerprint density at radius 1 is 1.24 bits per heavy atom. The van der Waals surface area contributed by atoms with E-state index in [0.717, 1.165) is 37.0 Å². The molecule has 152 valence electrons. The summed E-state index contributed by atoms with van der Waals surface area (Å²) in [6, 6.07) is 14.5. The molecule has 1 fully saturated rings. The number of benzene rings is 2. The maximum Gasteiger partial charge on any atom is 0.239 e. The molecule has 29 heavy (non-hydrogen) atoms. The van der Waals surface area contributed by atoms with Gasteiger partial charge in [0.25, 0.3) is 0 Å². The number of fused-ring (bicyclic) bond motifs is 1. The molecule has 1 aliphatic heterocycles. The first kappa shape index (κ1) is 20.0. The highest BCUT2D eigenvalue weighted by Gasteiger charge is 2.30. The van der Waals surface area contributed by atoms with Gasteiger partial charge in [0.05, 0.1) is 21.3 Å². The zero-order valence-electron chi connectivity index (χ0n) is 16.8. The highest BCUT2D eigenvalue weighted by molar-refractivity contribution is 7.18. The lowest BCUT2D eigenvalue weighted by Crippen LogP contribution is -2.48. The second-order valence-corrected chi connectivity index (χ2v) is 8.89. The van der Waals surface area contributed by atoms with Crippen LogP contribution in [0.25, 0.3) is 10.2 Å². The van der Waals surface area contributed by atoms with Crippen LogP contribution >= 0.6 is 11.3 Å². The Hall–Kier alpha value is -2.31. The minimum Gasteiger partial charge on any atom is -0.340 e. The summed E-state index contributed by atoms with van der Waals surface area (Å²) in [5.41, 5.74) is 1.89. The monoisotopic (exact) mass is 411 g/mol. The molecule has 4 rings (SSSR count). The fourth-order valence-electron chi connectivity index (χ4n) is 4.06. The van der Waals surface area contributed by atoms with Crippen molar-refractivity contribution in [3.05, 3.63) is 64.9 Å². The van der Waals surface area contributed by atoms with Crippen LogP contribution in [-0.4, -0.2) is 46.9 Å². The van der Waals surface area contributed by atoms with Gasteiger partial charge >= 0.3 is 0 Å². The Kier molecular flexibility index (Phi) is 5.92. The van der Waals surface area contributed by atoms with Crippen molar-refractivity contribution in [1.82, 2.24) is 14.8 Å². The SMILES string of the molecule is CC(C(=O)N(C)Cc1cccc(F)c1)N1CCC(c2nc3ccccc3s2)CC1. The number of hydrogen-bond donors (Lipinski definition) is 0. The molecule has 0 saturated carbocycles. The van der Waals surface area contributed by atoms with E-state index in [-0.39, 0.29) is 17.8 Å². The first-order valence-electron chi connectivity index (χ1n) is 10.1. The molecule has 1 atom stereocenters. The maximum atomic E-state index is 13.4. The molecule has 0 spiro atoms. The normalized spacial score (nSPS) is 16.8. The van der Waals surface area contributed by atoms with Crippen LogP contribution in [0, 0.1) is 5.82 Å². The third-order valence-electron chi connectivity index (χ3n) is 5.78. The van der Waals surface area contributed by atoms with E-state index in [0.29, 0.717) is 12.5 Å². The summed E-state index contributed by atoms with van der Waals surface area (Å²) in [7, 11) is 1.79. The van der Waals surface area contributed by atoms with Crippen LogP contribution in [0.3, 0.4) is 0 Å². The fraction of sp³-hybridized carbons (Fsp3) is 0.391. The first-order chi connectivity index (χ1) is 14.0. The van der Waals surface area contributed by atoms with Gasteiger partial charge in [-0.1, -0.05) is 24.3 Å². The first-order valence-corrected chi connectivity index (χ1v) is 10.9. The zero-order chi connectivity index (χ0) is 20.4. The number of hydrogen-bond acceptors (Lipinski definition) is 4. The zero-order valence-corrected chi connectivity index (χ0v) is 17.7. The number of thiazole rings is 1. The number of aromatic nitrogens is 1. The number of amides is 1. The van der Waals surface area contributed by atoms with E-state index < -0.39 is 0 Å². The quantitative estimate of drug-likeness (QED) is 0.613. The molecule has 1 saturated heterocycles. The van der Waals surface area contributed by atoms with E-state index in [4.69, 9.17) is 4.98 Å². The molecular weight excluding hydrogens is 385 g/mol. The second kappa shape index (κ2) is 8.59. The van der Waals surface area contributed by atoms with Crippen molar-refractivity contribution >= 4 is 27.5 Å². The van der Waals surface area contributed by atoms with Gasteiger partial charge in [0.15, 0.2) is 0 Å². The number of nitrogens with zero attached hydrogens (tertiary/aromatic N) is 3. The summed E-state index contributed by atoms with van der Waals surface area (Å²) in [6.07, 6.45) is 2.04. The van der Waals surface area contributed by atoms with Crippen molar-refractivity contribution in [3.8, 4) is 0 Å². The predicted octanol–water partition coefficient (Wildman–Crippen LogP) is 4.66.